The molecule has 1 aliphatic carbocycles. The minimum Gasteiger partial charge on any atom is -0.376 e. The van der Waals surface area contributed by atoms with Crippen LogP contribution in [0.1, 0.15) is 32.2 Å². The van der Waals surface area contributed by atoms with Crippen LogP contribution in [-0.4, -0.2) is 46.4 Å². The molecule has 2 heterocycles. The minimum absolute atomic E-state index is 0.140. The molecular weight excluding hydrogens is 242 g/mol. The number of carbonyl (C=O) groups is 1. The summed E-state index contributed by atoms with van der Waals surface area (Å²) in [6.45, 7) is 4.31. The van der Waals surface area contributed by atoms with Crippen molar-refractivity contribution in [3.63, 3.8) is 0 Å². The Kier molecular flexibility index (Phi) is 3.55. The molecule has 0 radical (unpaired) electrons. The van der Waals surface area contributed by atoms with Crippen molar-refractivity contribution in [2.45, 2.75) is 38.3 Å². The van der Waals surface area contributed by atoms with Gasteiger partial charge in [-0.2, -0.15) is 5.10 Å². The fourth-order valence-corrected chi connectivity index (χ4v) is 2.51. The third-order valence-corrected chi connectivity index (χ3v) is 4.00. The summed E-state index contributed by atoms with van der Waals surface area (Å²) in [5.74, 6) is 0.925. The van der Waals surface area contributed by atoms with Gasteiger partial charge in [-0.3, -0.25) is 9.48 Å². The summed E-state index contributed by atoms with van der Waals surface area (Å²) in [6, 6.07) is 1.62. The summed E-state index contributed by atoms with van der Waals surface area (Å²) in [4.78, 5) is 14.3. The second-order valence-corrected chi connectivity index (χ2v) is 5.63. The number of hydrogen-bond acceptors (Lipinski definition) is 3. The molecular formula is C14H21N3O2. The quantitative estimate of drug-likeness (QED) is 0.808. The fraction of sp³-hybridized carbons (Fsp3) is 0.714. The van der Waals surface area contributed by atoms with E-state index in [9.17, 15) is 4.79 Å². The van der Waals surface area contributed by atoms with Crippen LogP contribution in [-0.2, 0) is 9.53 Å². The number of nitrogens with zero attached hydrogens (tertiary/aromatic N) is 3. The molecule has 1 aliphatic heterocycles. The maximum Gasteiger partial charge on any atom is 0.247 e. The van der Waals surface area contributed by atoms with Crippen molar-refractivity contribution in [3.8, 4) is 0 Å². The van der Waals surface area contributed by atoms with Crippen molar-refractivity contribution in [2.75, 3.05) is 19.7 Å². The van der Waals surface area contributed by atoms with E-state index in [0.29, 0.717) is 0 Å². The van der Waals surface area contributed by atoms with Crippen LogP contribution < -0.4 is 0 Å². The molecule has 0 aromatic carbocycles. The van der Waals surface area contributed by atoms with Gasteiger partial charge in [0.15, 0.2) is 0 Å². The zero-order chi connectivity index (χ0) is 13.2. The van der Waals surface area contributed by atoms with Gasteiger partial charge >= 0.3 is 0 Å². The molecule has 1 amide bonds. The first-order valence-corrected chi connectivity index (χ1v) is 7.13. The fourth-order valence-electron chi connectivity index (χ4n) is 2.51. The Morgan fingerprint density at radius 3 is 3.00 bits per heavy atom. The molecule has 1 saturated heterocycles. The zero-order valence-corrected chi connectivity index (χ0v) is 11.4. The summed E-state index contributed by atoms with van der Waals surface area (Å²) >= 11 is 0. The van der Waals surface area contributed by atoms with Gasteiger partial charge in [-0.25, -0.2) is 0 Å². The van der Waals surface area contributed by atoms with Crippen LogP contribution in [0, 0.1) is 5.92 Å². The molecule has 104 valence electrons. The van der Waals surface area contributed by atoms with Gasteiger partial charge in [0.25, 0.3) is 0 Å². The zero-order valence-electron chi connectivity index (χ0n) is 11.4. The standard InChI is InChI=1S/C14H21N3O2/c1-11(17-7-2-6-15-17)14(18)16-8-5-13(9-16)19-10-12-3-4-12/h2,6-7,11-13H,3-5,8-10H2,1H3/t11-,13+/m0/s1. The first kappa shape index (κ1) is 12.7. The SMILES string of the molecule is C[C@@H](C(=O)N1CC[C@@H](OCC2CC2)C1)n1cccn1. The lowest BCUT2D eigenvalue weighted by molar-refractivity contribution is -0.134. The Labute approximate surface area is 113 Å². The van der Waals surface area contributed by atoms with E-state index in [1.807, 2.05) is 24.1 Å². The molecule has 1 aromatic heterocycles. The molecule has 5 heteroatoms. The van der Waals surface area contributed by atoms with Gasteiger partial charge in [-0.1, -0.05) is 0 Å². The number of ether oxygens (including phenoxy) is 1. The van der Waals surface area contributed by atoms with E-state index in [1.165, 1.54) is 12.8 Å². The van der Waals surface area contributed by atoms with Crippen LogP contribution in [0.15, 0.2) is 18.5 Å². The molecule has 2 aliphatic rings. The predicted molar refractivity (Wildman–Crippen MR) is 70.6 cm³/mol. The molecule has 3 rings (SSSR count). The van der Waals surface area contributed by atoms with Crippen molar-refractivity contribution in [1.82, 2.24) is 14.7 Å². The molecule has 0 spiro atoms. The molecule has 2 fully saturated rings. The molecule has 5 nitrogen and oxygen atoms in total. The topological polar surface area (TPSA) is 47.4 Å². The Morgan fingerprint density at radius 1 is 1.47 bits per heavy atom. The number of amides is 1. The number of aromatic nitrogens is 2. The second-order valence-electron chi connectivity index (χ2n) is 5.63. The summed E-state index contributed by atoms with van der Waals surface area (Å²) < 4.78 is 7.57. The molecule has 1 saturated carbocycles. The Bertz CT molecular complexity index is 428. The van der Waals surface area contributed by atoms with Gasteiger partial charge in [0.05, 0.1) is 6.10 Å². The van der Waals surface area contributed by atoms with E-state index in [4.69, 9.17) is 4.74 Å². The van der Waals surface area contributed by atoms with Crippen LogP contribution in [0.2, 0.25) is 0 Å². The molecule has 0 N–H and O–H groups in total. The van der Waals surface area contributed by atoms with Gasteiger partial charge < -0.3 is 9.64 Å². The maximum absolute atomic E-state index is 12.3. The first-order valence-electron chi connectivity index (χ1n) is 7.13. The summed E-state index contributed by atoms with van der Waals surface area (Å²) in [5.41, 5.74) is 0. The van der Waals surface area contributed by atoms with Crippen LogP contribution in [0.5, 0.6) is 0 Å². The summed E-state index contributed by atoms with van der Waals surface area (Å²) in [5, 5.41) is 4.13. The third-order valence-electron chi connectivity index (χ3n) is 4.00. The van der Waals surface area contributed by atoms with Crippen molar-refractivity contribution >= 4 is 5.91 Å². The van der Waals surface area contributed by atoms with Crippen LogP contribution in [0.3, 0.4) is 0 Å². The molecule has 0 unspecified atom stereocenters. The van der Waals surface area contributed by atoms with Crippen LogP contribution >= 0.6 is 0 Å². The number of hydrogen-bond donors (Lipinski definition) is 0. The highest BCUT2D eigenvalue weighted by Gasteiger charge is 2.31. The molecule has 2 atom stereocenters. The largest absolute Gasteiger partial charge is 0.376 e. The molecule has 1 aromatic rings. The average Bonchev–Trinajstić information content (AvgIpc) is 2.94. The van der Waals surface area contributed by atoms with Crippen LogP contribution in [0.25, 0.3) is 0 Å². The highest BCUT2D eigenvalue weighted by Crippen LogP contribution is 2.30. The smallest absolute Gasteiger partial charge is 0.247 e. The Morgan fingerprint density at radius 2 is 2.32 bits per heavy atom. The van der Waals surface area contributed by atoms with E-state index < -0.39 is 0 Å². The van der Waals surface area contributed by atoms with E-state index in [1.54, 1.807) is 10.9 Å². The number of likely N-dealkylation sites (tertiary alicyclic amines) is 1. The van der Waals surface area contributed by atoms with Gasteiger partial charge in [0.2, 0.25) is 5.91 Å². The maximum atomic E-state index is 12.3. The highest BCUT2D eigenvalue weighted by molar-refractivity contribution is 5.80. The Balaban J connectivity index is 1.50. The molecule has 0 bridgehead atoms. The van der Waals surface area contributed by atoms with Crippen molar-refractivity contribution in [2.24, 2.45) is 5.92 Å². The monoisotopic (exact) mass is 263 g/mol. The number of rotatable bonds is 5. The lowest BCUT2D eigenvalue weighted by Crippen LogP contribution is -2.35. The summed E-state index contributed by atoms with van der Waals surface area (Å²) in [6.07, 6.45) is 7.35. The van der Waals surface area contributed by atoms with Crippen molar-refractivity contribution < 1.29 is 9.53 Å². The van der Waals surface area contributed by atoms with E-state index >= 15 is 0 Å². The molecule has 19 heavy (non-hydrogen) atoms. The van der Waals surface area contributed by atoms with Crippen LogP contribution in [0.4, 0.5) is 0 Å². The Hall–Kier alpha value is -1.36. The van der Waals surface area contributed by atoms with Gasteiger partial charge in [0, 0.05) is 32.1 Å². The minimum atomic E-state index is -0.225. The van der Waals surface area contributed by atoms with E-state index in [2.05, 4.69) is 5.10 Å². The summed E-state index contributed by atoms with van der Waals surface area (Å²) in [7, 11) is 0. The van der Waals surface area contributed by atoms with Crippen molar-refractivity contribution in [1.29, 1.82) is 0 Å². The lowest BCUT2D eigenvalue weighted by Gasteiger charge is -2.21. The third kappa shape index (κ3) is 2.97. The normalized spacial score (nSPS) is 24.7. The lowest BCUT2D eigenvalue weighted by atomic mass is 10.3. The highest BCUT2D eigenvalue weighted by atomic mass is 16.5. The second kappa shape index (κ2) is 5.33. The van der Waals surface area contributed by atoms with E-state index in [-0.39, 0.29) is 18.1 Å². The van der Waals surface area contributed by atoms with Gasteiger partial charge in [0.1, 0.15) is 6.04 Å². The van der Waals surface area contributed by atoms with Gasteiger partial charge in [-0.15, -0.1) is 0 Å². The average molecular weight is 263 g/mol. The van der Waals surface area contributed by atoms with E-state index in [0.717, 1.165) is 32.0 Å². The predicted octanol–water partition coefficient (Wildman–Crippen LogP) is 1.47. The first-order chi connectivity index (χ1) is 9.24. The van der Waals surface area contributed by atoms with Crippen molar-refractivity contribution in [3.05, 3.63) is 18.5 Å². The van der Waals surface area contributed by atoms with Gasteiger partial charge in [-0.05, 0) is 38.2 Å². The number of carbonyl (C=O) groups excluding carboxylic acids is 1.